The summed E-state index contributed by atoms with van der Waals surface area (Å²) in [4.78, 5) is 2.13. The van der Waals surface area contributed by atoms with E-state index in [0.29, 0.717) is 0 Å². The number of likely N-dealkylation sites (N-methyl/N-ethyl adjacent to an activating group) is 1. The third-order valence-corrected chi connectivity index (χ3v) is 1.39. The Morgan fingerprint density at radius 3 is 2.60 bits per heavy atom. The van der Waals surface area contributed by atoms with Crippen LogP contribution in [0.4, 0.5) is 0 Å². The van der Waals surface area contributed by atoms with Crippen molar-refractivity contribution in [1.82, 2.24) is 4.90 Å². The van der Waals surface area contributed by atoms with Crippen LogP contribution in [0.2, 0.25) is 0 Å². The number of nitrogens with two attached hydrogens (primary N) is 1. The average molecular weight is 146 g/mol. The summed E-state index contributed by atoms with van der Waals surface area (Å²) in [5, 5.41) is 8.60. The summed E-state index contributed by atoms with van der Waals surface area (Å²) in [7, 11) is 2.01. The summed E-state index contributed by atoms with van der Waals surface area (Å²) in [6, 6.07) is -0.0865. The maximum absolute atomic E-state index is 8.60. The van der Waals surface area contributed by atoms with Gasteiger partial charge in [-0.15, -0.1) is 0 Å². The first kappa shape index (κ1) is 9.88. The maximum Gasteiger partial charge on any atom is 0.0595 e. The van der Waals surface area contributed by atoms with Gasteiger partial charge in [0.1, 0.15) is 0 Å². The molecular formula is C7H18N2O. The molecule has 0 radical (unpaired) electrons. The first-order chi connectivity index (χ1) is 4.70. The Hall–Kier alpha value is -0.120. The quantitative estimate of drug-likeness (QED) is 0.557. The standard InChI is InChI=1S/C7H18N2O/c1-3-4-9(2)5-7(8)6-10/h7,10H,3-6,8H2,1-2H3. The minimum atomic E-state index is -0.0865. The van der Waals surface area contributed by atoms with Crippen molar-refractivity contribution in [2.45, 2.75) is 19.4 Å². The lowest BCUT2D eigenvalue weighted by molar-refractivity contribution is 0.222. The van der Waals surface area contributed by atoms with E-state index in [1.165, 1.54) is 0 Å². The molecule has 0 aromatic carbocycles. The number of rotatable bonds is 5. The molecule has 0 spiro atoms. The molecule has 3 heteroatoms. The Morgan fingerprint density at radius 1 is 1.60 bits per heavy atom. The summed E-state index contributed by atoms with van der Waals surface area (Å²) < 4.78 is 0. The van der Waals surface area contributed by atoms with Crippen LogP contribution in [-0.4, -0.2) is 42.8 Å². The van der Waals surface area contributed by atoms with Crippen molar-refractivity contribution in [1.29, 1.82) is 0 Å². The van der Waals surface area contributed by atoms with Gasteiger partial charge in [0.2, 0.25) is 0 Å². The predicted molar refractivity (Wildman–Crippen MR) is 42.8 cm³/mol. The molecule has 3 nitrogen and oxygen atoms in total. The lowest BCUT2D eigenvalue weighted by atomic mass is 10.3. The maximum atomic E-state index is 8.60. The van der Waals surface area contributed by atoms with E-state index in [9.17, 15) is 0 Å². The summed E-state index contributed by atoms with van der Waals surface area (Å²) >= 11 is 0. The van der Waals surface area contributed by atoms with E-state index in [4.69, 9.17) is 10.8 Å². The van der Waals surface area contributed by atoms with E-state index in [-0.39, 0.29) is 12.6 Å². The SMILES string of the molecule is CCCN(C)CC(N)CO. The molecule has 1 unspecified atom stereocenters. The number of hydrogen-bond donors (Lipinski definition) is 2. The Morgan fingerprint density at radius 2 is 2.20 bits per heavy atom. The lowest BCUT2D eigenvalue weighted by Crippen LogP contribution is -2.38. The van der Waals surface area contributed by atoms with Crippen LogP contribution in [0.1, 0.15) is 13.3 Å². The van der Waals surface area contributed by atoms with Gasteiger partial charge in [0.15, 0.2) is 0 Å². The number of nitrogens with zero attached hydrogens (tertiary/aromatic N) is 1. The van der Waals surface area contributed by atoms with E-state index in [0.717, 1.165) is 19.5 Å². The van der Waals surface area contributed by atoms with Crippen LogP contribution in [0.5, 0.6) is 0 Å². The van der Waals surface area contributed by atoms with Crippen LogP contribution in [0.25, 0.3) is 0 Å². The minimum absolute atomic E-state index is 0.0774. The van der Waals surface area contributed by atoms with Gasteiger partial charge >= 0.3 is 0 Å². The van der Waals surface area contributed by atoms with Gasteiger partial charge in [-0.3, -0.25) is 0 Å². The lowest BCUT2D eigenvalue weighted by Gasteiger charge is -2.18. The van der Waals surface area contributed by atoms with Crippen LogP contribution in [0, 0.1) is 0 Å². The van der Waals surface area contributed by atoms with Crippen molar-refractivity contribution in [3.05, 3.63) is 0 Å². The molecule has 0 rings (SSSR count). The molecular weight excluding hydrogens is 128 g/mol. The fourth-order valence-electron chi connectivity index (χ4n) is 0.931. The highest BCUT2D eigenvalue weighted by Gasteiger charge is 2.02. The summed E-state index contributed by atoms with van der Waals surface area (Å²) in [5.74, 6) is 0. The molecule has 3 N–H and O–H groups in total. The summed E-state index contributed by atoms with van der Waals surface area (Å²) in [6.45, 7) is 4.03. The number of hydrogen-bond acceptors (Lipinski definition) is 3. The second-order valence-corrected chi connectivity index (χ2v) is 2.70. The molecule has 0 fully saturated rings. The highest BCUT2D eigenvalue weighted by molar-refractivity contribution is 4.63. The summed E-state index contributed by atoms with van der Waals surface area (Å²) in [6.07, 6.45) is 1.13. The van der Waals surface area contributed by atoms with Crippen LogP contribution in [0.15, 0.2) is 0 Å². The van der Waals surface area contributed by atoms with Crippen molar-refractivity contribution in [3.8, 4) is 0 Å². The zero-order valence-corrected chi connectivity index (χ0v) is 6.88. The Balaban J connectivity index is 3.27. The number of aliphatic hydroxyl groups is 1. The van der Waals surface area contributed by atoms with E-state index in [1.54, 1.807) is 0 Å². The molecule has 0 saturated carbocycles. The van der Waals surface area contributed by atoms with E-state index in [2.05, 4.69) is 11.8 Å². The van der Waals surface area contributed by atoms with Crippen molar-refractivity contribution >= 4 is 0 Å². The highest BCUT2D eigenvalue weighted by Crippen LogP contribution is 1.87. The van der Waals surface area contributed by atoms with Gasteiger partial charge in [0.05, 0.1) is 6.61 Å². The third-order valence-electron chi connectivity index (χ3n) is 1.39. The van der Waals surface area contributed by atoms with E-state index >= 15 is 0 Å². The molecule has 0 aliphatic rings. The first-order valence-electron chi connectivity index (χ1n) is 3.75. The van der Waals surface area contributed by atoms with Gasteiger partial charge in [-0.25, -0.2) is 0 Å². The molecule has 0 heterocycles. The van der Waals surface area contributed by atoms with Crippen molar-refractivity contribution in [2.75, 3.05) is 26.7 Å². The zero-order valence-electron chi connectivity index (χ0n) is 6.88. The predicted octanol–water partition coefficient (Wildman–Crippen LogP) is -0.352. The molecule has 0 saturated heterocycles. The van der Waals surface area contributed by atoms with Gasteiger partial charge in [0, 0.05) is 12.6 Å². The van der Waals surface area contributed by atoms with Gasteiger partial charge in [-0.1, -0.05) is 6.92 Å². The molecule has 1 atom stereocenters. The smallest absolute Gasteiger partial charge is 0.0595 e. The largest absolute Gasteiger partial charge is 0.395 e. The monoisotopic (exact) mass is 146 g/mol. The minimum Gasteiger partial charge on any atom is -0.395 e. The van der Waals surface area contributed by atoms with Crippen LogP contribution in [0.3, 0.4) is 0 Å². The molecule has 0 aliphatic heterocycles. The molecule has 10 heavy (non-hydrogen) atoms. The molecule has 0 aromatic rings. The second kappa shape index (κ2) is 5.65. The molecule has 0 aliphatic carbocycles. The molecule has 62 valence electrons. The molecule has 0 bridgehead atoms. The van der Waals surface area contributed by atoms with Crippen LogP contribution < -0.4 is 5.73 Å². The first-order valence-corrected chi connectivity index (χ1v) is 3.75. The molecule has 0 aromatic heterocycles. The molecule has 0 amide bonds. The second-order valence-electron chi connectivity index (χ2n) is 2.70. The number of aliphatic hydroxyl groups excluding tert-OH is 1. The van der Waals surface area contributed by atoms with Crippen molar-refractivity contribution < 1.29 is 5.11 Å². The average Bonchev–Trinajstić information content (AvgIpc) is 1.88. The van der Waals surface area contributed by atoms with E-state index < -0.39 is 0 Å². The van der Waals surface area contributed by atoms with Crippen LogP contribution in [-0.2, 0) is 0 Å². The van der Waals surface area contributed by atoms with Gasteiger partial charge in [-0.2, -0.15) is 0 Å². The zero-order chi connectivity index (χ0) is 7.98. The van der Waals surface area contributed by atoms with Gasteiger partial charge in [0.25, 0.3) is 0 Å². The Labute approximate surface area is 62.8 Å². The van der Waals surface area contributed by atoms with Crippen LogP contribution >= 0.6 is 0 Å². The fourth-order valence-corrected chi connectivity index (χ4v) is 0.931. The van der Waals surface area contributed by atoms with Gasteiger partial charge < -0.3 is 15.7 Å². The van der Waals surface area contributed by atoms with Crippen molar-refractivity contribution in [3.63, 3.8) is 0 Å². The normalized spacial score (nSPS) is 14.1. The third kappa shape index (κ3) is 4.73. The fraction of sp³-hybridized carbons (Fsp3) is 1.00. The topological polar surface area (TPSA) is 49.5 Å². The van der Waals surface area contributed by atoms with E-state index in [1.807, 2.05) is 7.05 Å². The van der Waals surface area contributed by atoms with Gasteiger partial charge in [-0.05, 0) is 20.0 Å². The highest BCUT2D eigenvalue weighted by atomic mass is 16.3. The van der Waals surface area contributed by atoms with Crippen molar-refractivity contribution in [2.24, 2.45) is 5.73 Å². The summed E-state index contributed by atoms with van der Waals surface area (Å²) in [5.41, 5.74) is 5.51. The Kier molecular flexibility index (Phi) is 5.58. The Bertz CT molecular complexity index is 78.0.